The van der Waals surface area contributed by atoms with Crippen LogP contribution in [0, 0.1) is 0 Å². The number of sulfonamides is 1. The Kier molecular flexibility index (Phi) is 7.26. The predicted molar refractivity (Wildman–Crippen MR) is 113 cm³/mol. The van der Waals surface area contributed by atoms with E-state index in [1.807, 2.05) is 0 Å². The zero-order valence-electron chi connectivity index (χ0n) is 16.2. The van der Waals surface area contributed by atoms with Gasteiger partial charge < -0.3 is 19.5 Å². The lowest BCUT2D eigenvalue weighted by atomic mass is 10.2. The molecular formula is C19H18Cl2N2O7S. The Bertz CT molecular complexity index is 1110. The normalized spacial score (nSPS) is 13.9. The number of rotatable bonds is 7. The summed E-state index contributed by atoms with van der Waals surface area (Å²) in [7, 11) is -4.03. The Morgan fingerprint density at radius 1 is 1.06 bits per heavy atom. The van der Waals surface area contributed by atoms with Gasteiger partial charge in [0.2, 0.25) is 10.0 Å². The van der Waals surface area contributed by atoms with Crippen LogP contribution in [0.15, 0.2) is 41.3 Å². The number of ether oxygens (including phenoxy) is 3. The SMILES string of the molecule is C[C@H](OC(=O)CNS(=O)(=O)c1ccc(Cl)c(Cl)c1)C(=O)Nc1ccc2c(c1)OCCO2. The number of benzene rings is 2. The molecule has 0 bridgehead atoms. The maximum Gasteiger partial charge on any atom is 0.321 e. The first kappa shape index (κ1) is 23.1. The number of hydrogen-bond acceptors (Lipinski definition) is 7. The number of hydrogen-bond donors (Lipinski definition) is 2. The van der Waals surface area contributed by atoms with Crippen LogP contribution in [0.3, 0.4) is 0 Å². The van der Waals surface area contributed by atoms with Crippen LogP contribution in [0.4, 0.5) is 5.69 Å². The van der Waals surface area contributed by atoms with Crippen molar-refractivity contribution >= 4 is 50.8 Å². The molecule has 1 aliphatic rings. The van der Waals surface area contributed by atoms with E-state index in [1.165, 1.54) is 19.1 Å². The molecular weight excluding hydrogens is 471 g/mol. The van der Waals surface area contributed by atoms with Crippen molar-refractivity contribution in [3.63, 3.8) is 0 Å². The van der Waals surface area contributed by atoms with Crippen molar-refractivity contribution < 1.29 is 32.2 Å². The lowest BCUT2D eigenvalue weighted by Gasteiger charge is -2.19. The summed E-state index contributed by atoms with van der Waals surface area (Å²) in [5, 5.41) is 2.83. The van der Waals surface area contributed by atoms with Crippen molar-refractivity contribution in [2.75, 3.05) is 25.1 Å². The zero-order valence-corrected chi connectivity index (χ0v) is 18.5. The van der Waals surface area contributed by atoms with Gasteiger partial charge in [-0.25, -0.2) is 8.42 Å². The van der Waals surface area contributed by atoms with Gasteiger partial charge in [0.05, 0.1) is 14.9 Å². The molecule has 9 nitrogen and oxygen atoms in total. The van der Waals surface area contributed by atoms with Gasteiger partial charge in [-0.05, 0) is 37.3 Å². The lowest BCUT2D eigenvalue weighted by Crippen LogP contribution is -2.35. The Balaban J connectivity index is 1.52. The predicted octanol–water partition coefficient (Wildman–Crippen LogP) is 2.61. The summed E-state index contributed by atoms with van der Waals surface area (Å²) in [5.74, 6) is -0.478. The number of anilines is 1. The van der Waals surface area contributed by atoms with E-state index in [4.69, 9.17) is 37.4 Å². The molecule has 0 aromatic heterocycles. The number of halogens is 2. The molecule has 0 fully saturated rings. The fourth-order valence-corrected chi connectivity index (χ4v) is 3.90. The van der Waals surface area contributed by atoms with Gasteiger partial charge in [0.25, 0.3) is 5.91 Å². The molecule has 0 unspecified atom stereocenters. The average Bonchev–Trinajstić information content (AvgIpc) is 2.74. The Morgan fingerprint density at radius 3 is 2.48 bits per heavy atom. The average molecular weight is 489 g/mol. The van der Waals surface area contributed by atoms with Gasteiger partial charge in [0.1, 0.15) is 19.8 Å². The van der Waals surface area contributed by atoms with Gasteiger partial charge in [-0.15, -0.1) is 0 Å². The number of esters is 1. The third-order valence-corrected chi connectivity index (χ3v) is 6.23. The van der Waals surface area contributed by atoms with Crippen LogP contribution in [0.25, 0.3) is 0 Å². The van der Waals surface area contributed by atoms with Gasteiger partial charge in [0.15, 0.2) is 17.6 Å². The highest BCUT2D eigenvalue weighted by Crippen LogP contribution is 2.32. The Morgan fingerprint density at radius 2 is 1.77 bits per heavy atom. The molecule has 0 radical (unpaired) electrons. The topological polar surface area (TPSA) is 120 Å². The summed E-state index contributed by atoms with van der Waals surface area (Å²) in [6.45, 7) is 1.53. The van der Waals surface area contributed by atoms with E-state index in [1.54, 1.807) is 18.2 Å². The van der Waals surface area contributed by atoms with Gasteiger partial charge >= 0.3 is 5.97 Å². The zero-order chi connectivity index (χ0) is 22.6. The summed E-state index contributed by atoms with van der Waals surface area (Å²) in [4.78, 5) is 24.1. The van der Waals surface area contributed by atoms with Crippen molar-refractivity contribution in [3.05, 3.63) is 46.4 Å². The summed E-state index contributed by atoms with van der Waals surface area (Å²) < 4.78 is 42.4. The molecule has 0 aliphatic carbocycles. The van der Waals surface area contributed by atoms with Crippen LogP contribution in [0.5, 0.6) is 11.5 Å². The molecule has 2 aromatic rings. The van der Waals surface area contributed by atoms with E-state index in [0.29, 0.717) is 30.4 Å². The highest BCUT2D eigenvalue weighted by atomic mass is 35.5. The van der Waals surface area contributed by atoms with Crippen LogP contribution in [-0.4, -0.2) is 46.2 Å². The minimum Gasteiger partial charge on any atom is -0.486 e. The summed E-state index contributed by atoms with van der Waals surface area (Å²) in [5.41, 5.74) is 0.428. The second kappa shape index (κ2) is 9.73. The number of fused-ring (bicyclic) bond motifs is 1. The molecule has 1 aliphatic heterocycles. The van der Waals surface area contributed by atoms with E-state index in [2.05, 4.69) is 10.0 Å². The fraction of sp³-hybridized carbons (Fsp3) is 0.263. The highest BCUT2D eigenvalue weighted by Gasteiger charge is 2.22. The van der Waals surface area contributed by atoms with E-state index < -0.39 is 34.5 Å². The molecule has 12 heteroatoms. The molecule has 2 aromatic carbocycles. The quantitative estimate of drug-likeness (QED) is 0.574. The molecule has 0 spiro atoms. The van der Waals surface area contributed by atoms with Crippen molar-refractivity contribution in [3.8, 4) is 11.5 Å². The second-order valence-corrected chi connectivity index (χ2v) is 8.96. The van der Waals surface area contributed by atoms with Crippen LogP contribution >= 0.6 is 23.2 Å². The third kappa shape index (κ3) is 6.01. The number of carbonyl (C=O) groups excluding carboxylic acids is 2. The lowest BCUT2D eigenvalue weighted by molar-refractivity contribution is -0.151. The second-order valence-electron chi connectivity index (χ2n) is 6.38. The van der Waals surface area contributed by atoms with Crippen molar-refractivity contribution in [2.24, 2.45) is 0 Å². The smallest absolute Gasteiger partial charge is 0.321 e. The molecule has 31 heavy (non-hydrogen) atoms. The molecule has 1 atom stereocenters. The Hall–Kier alpha value is -2.53. The number of nitrogens with one attached hydrogen (secondary N) is 2. The van der Waals surface area contributed by atoms with Crippen molar-refractivity contribution in [2.45, 2.75) is 17.9 Å². The summed E-state index contributed by atoms with van der Waals surface area (Å²) >= 11 is 11.6. The van der Waals surface area contributed by atoms with Gasteiger partial charge in [-0.1, -0.05) is 23.2 Å². The van der Waals surface area contributed by atoms with Crippen LogP contribution in [0.1, 0.15) is 6.92 Å². The monoisotopic (exact) mass is 488 g/mol. The first-order valence-corrected chi connectivity index (χ1v) is 11.2. The third-order valence-electron chi connectivity index (χ3n) is 4.10. The first-order chi connectivity index (χ1) is 14.7. The standard InChI is InChI=1S/C19H18Cl2N2O7S/c1-11(19(25)23-12-2-5-16-17(8-12)29-7-6-28-16)30-18(24)10-22-31(26,27)13-3-4-14(20)15(21)9-13/h2-5,8-9,11,22H,6-7,10H2,1H3,(H,23,25)/t11-/m0/s1. The van der Waals surface area contributed by atoms with Crippen LogP contribution in [-0.2, 0) is 24.3 Å². The minimum atomic E-state index is -4.03. The summed E-state index contributed by atoms with van der Waals surface area (Å²) in [6.07, 6.45) is -1.17. The maximum atomic E-state index is 12.3. The molecule has 1 heterocycles. The fourth-order valence-electron chi connectivity index (χ4n) is 2.54. The maximum absolute atomic E-state index is 12.3. The van der Waals surface area contributed by atoms with Crippen LogP contribution in [0.2, 0.25) is 10.0 Å². The molecule has 0 saturated heterocycles. The number of amides is 1. The van der Waals surface area contributed by atoms with E-state index in [-0.39, 0.29) is 14.9 Å². The van der Waals surface area contributed by atoms with E-state index in [9.17, 15) is 18.0 Å². The molecule has 166 valence electrons. The van der Waals surface area contributed by atoms with E-state index in [0.717, 1.165) is 6.07 Å². The largest absolute Gasteiger partial charge is 0.486 e. The number of carbonyl (C=O) groups is 2. The van der Waals surface area contributed by atoms with Gasteiger partial charge in [-0.2, -0.15) is 4.72 Å². The molecule has 2 N–H and O–H groups in total. The first-order valence-electron chi connectivity index (χ1n) is 9.00. The van der Waals surface area contributed by atoms with Gasteiger partial charge in [0, 0.05) is 11.8 Å². The van der Waals surface area contributed by atoms with Crippen molar-refractivity contribution in [1.29, 1.82) is 0 Å². The molecule has 3 rings (SSSR count). The minimum absolute atomic E-state index is 0.0524. The summed E-state index contributed by atoms with van der Waals surface area (Å²) in [6, 6.07) is 8.57. The van der Waals surface area contributed by atoms with Gasteiger partial charge in [-0.3, -0.25) is 9.59 Å². The Labute approximate surface area is 188 Å². The van der Waals surface area contributed by atoms with Crippen LogP contribution < -0.4 is 19.5 Å². The molecule has 0 saturated carbocycles. The van der Waals surface area contributed by atoms with Crippen molar-refractivity contribution in [1.82, 2.24) is 4.72 Å². The van der Waals surface area contributed by atoms with E-state index >= 15 is 0 Å². The highest BCUT2D eigenvalue weighted by molar-refractivity contribution is 7.89. The molecule has 1 amide bonds.